The smallest absolute Gasteiger partial charge is 0.343 e. The number of piperidine rings is 1. The summed E-state index contributed by atoms with van der Waals surface area (Å²) >= 11 is 6.16. The Balaban J connectivity index is 1.45. The van der Waals surface area contributed by atoms with Gasteiger partial charge < -0.3 is 60.0 Å². The van der Waals surface area contributed by atoms with Gasteiger partial charge in [-0.25, -0.2) is 4.39 Å². The highest BCUT2D eigenvalue weighted by molar-refractivity contribution is 6.31. The molecular weight excluding hydrogens is 1340 g/mol. The topological polar surface area (TPSA) is 270 Å². The molecule has 2 aliphatic carbocycles. The molecule has 4 fully saturated rings. The zero-order chi connectivity index (χ0) is 75.1. The summed E-state index contributed by atoms with van der Waals surface area (Å²) in [6.45, 7) is 7.22. The van der Waals surface area contributed by atoms with Crippen LogP contribution in [0.5, 0.6) is 0 Å². The molecule has 2 aromatic rings. The maximum absolute atomic E-state index is 15.6. The lowest BCUT2D eigenvalue weighted by Gasteiger charge is -2.42. The Kier molecular flexibility index (Phi) is 29.5. The number of carbonyl (C=O) groups excluding carboxylic acids is 12. The molecule has 101 heavy (non-hydrogen) atoms. The van der Waals surface area contributed by atoms with Gasteiger partial charge in [-0.2, -0.15) is 13.2 Å². The first kappa shape index (κ1) is 82.0. The lowest BCUT2D eigenvalue weighted by Crippen LogP contribution is -2.65. The zero-order valence-electron chi connectivity index (χ0n) is 60.9. The third-order valence-electron chi connectivity index (χ3n) is 21.0. The molecule has 1 spiro atoms. The van der Waals surface area contributed by atoms with Crippen molar-refractivity contribution in [2.45, 2.75) is 204 Å². The van der Waals surface area contributed by atoms with Crippen molar-refractivity contribution in [1.82, 2.24) is 60.0 Å². The van der Waals surface area contributed by atoms with Crippen molar-refractivity contribution >= 4 is 82.5 Å². The monoisotopic (exact) mass is 1440 g/mol. The fourth-order valence-electron chi connectivity index (χ4n) is 14.1. The number of alkyl halides is 3. The van der Waals surface area contributed by atoms with Gasteiger partial charge in [0.05, 0.1) is 36.6 Å². The highest BCUT2D eigenvalue weighted by Crippen LogP contribution is 2.37. The molecule has 6 rings (SSSR count). The summed E-state index contributed by atoms with van der Waals surface area (Å²) in [5.74, 6) is -10.6. The fraction of sp³-hybridized carbons (Fsp3) is 0.667. The van der Waals surface area contributed by atoms with E-state index in [1.54, 1.807) is 32.6 Å². The average Bonchev–Trinajstić information content (AvgIpc) is 1.58. The van der Waals surface area contributed by atoms with E-state index in [1.807, 2.05) is 0 Å². The van der Waals surface area contributed by atoms with Gasteiger partial charge >= 0.3 is 6.18 Å². The average molecular weight is 1440 g/mol. The van der Waals surface area contributed by atoms with Crippen LogP contribution < -0.4 is 16.0 Å². The van der Waals surface area contributed by atoms with E-state index < -0.39 is 179 Å². The number of hydrogen-bond donors (Lipinski definition) is 3. The van der Waals surface area contributed by atoms with Gasteiger partial charge in [0.1, 0.15) is 53.6 Å². The number of benzene rings is 2. The first-order valence-corrected chi connectivity index (χ1v) is 35.7. The second kappa shape index (κ2) is 36.3. The minimum atomic E-state index is -4.80. The number of likely N-dealkylation sites (N-methyl/N-ethyl adjacent to an activating group) is 8. The maximum atomic E-state index is 15.6. The maximum Gasteiger partial charge on any atom is 0.417 e. The summed E-state index contributed by atoms with van der Waals surface area (Å²) in [4.78, 5) is 188. The van der Waals surface area contributed by atoms with Crippen molar-refractivity contribution in [3.63, 3.8) is 0 Å². The van der Waals surface area contributed by atoms with Crippen LogP contribution in [0, 0.1) is 23.6 Å². The van der Waals surface area contributed by atoms with Gasteiger partial charge in [-0.3, -0.25) is 57.5 Å². The van der Waals surface area contributed by atoms with Crippen LogP contribution in [-0.2, 0) is 76.6 Å². The number of amides is 12. The van der Waals surface area contributed by atoms with Gasteiger partial charge in [0.2, 0.25) is 70.9 Å². The summed E-state index contributed by atoms with van der Waals surface area (Å²) in [6.07, 6.45) is 1.70. The number of carbonyl (C=O) groups is 12. The molecule has 0 aromatic heterocycles. The molecular formula is C72H105ClF4N12O12. The highest BCUT2D eigenvalue weighted by atomic mass is 35.5. The Bertz CT molecular complexity index is 3310. The van der Waals surface area contributed by atoms with Crippen molar-refractivity contribution in [2.75, 3.05) is 89.1 Å². The lowest BCUT2D eigenvalue weighted by molar-refractivity contribution is -0.156. The largest absolute Gasteiger partial charge is 0.417 e. The first-order valence-electron chi connectivity index (χ1n) is 35.3. The van der Waals surface area contributed by atoms with E-state index in [0.29, 0.717) is 50.8 Å². The Morgan fingerprint density at radius 2 is 1.21 bits per heavy atom. The number of rotatable bonds is 11. The second-order valence-electron chi connectivity index (χ2n) is 28.7. The van der Waals surface area contributed by atoms with Crippen LogP contribution in [0.1, 0.15) is 154 Å². The molecule has 0 unspecified atom stereocenters. The van der Waals surface area contributed by atoms with E-state index in [4.69, 9.17) is 11.6 Å². The molecule has 560 valence electrons. The van der Waals surface area contributed by atoms with Crippen LogP contribution in [0.25, 0.3) is 0 Å². The number of likely N-dealkylation sites (tertiary alicyclic amines) is 1. The van der Waals surface area contributed by atoms with Crippen LogP contribution >= 0.6 is 11.6 Å². The molecule has 29 heteroatoms. The standard InChI is InChI=1S/C72H105ClF4N12O12/c1-14-45(4)61-68(99)83(8)42-59(92)81(6)43-60(93)85(10)55(39-47-23-17-15-18-24-47)66(97)82(7)41-57(90)78-53(32-28-48-27-31-51(52(73)37-48)72(75,76)77)65(96)86(11)54(38-49-25-29-50(74)30-26-49)64(95)80-71(33-19-20-34-71)70(101)88(13)62(44(2)3)69(100)87(12)56(67(98)89-35-21-16-22-36-89)40-58(91)84(9)46(5)63(94)79-61/h25-27,29-31,37,44-47,53-56,61-62H,14-24,28,32-36,38-43H2,1-13H3,(H,78,90)(H,79,94)(H,80,95)/t45-,46-,53-,54-,55-,56-,61-,62-/m0/s1. The van der Waals surface area contributed by atoms with E-state index >= 15 is 19.2 Å². The molecule has 0 radical (unpaired) electrons. The summed E-state index contributed by atoms with van der Waals surface area (Å²) in [5, 5.41) is 7.84. The molecule has 0 bridgehead atoms. The second-order valence-corrected chi connectivity index (χ2v) is 29.1. The number of nitrogens with one attached hydrogen (secondary N) is 3. The van der Waals surface area contributed by atoms with Crippen LogP contribution in [0.2, 0.25) is 5.02 Å². The molecule has 3 N–H and O–H groups in total. The Morgan fingerprint density at radius 1 is 0.624 bits per heavy atom. The van der Waals surface area contributed by atoms with Gasteiger partial charge in [-0.1, -0.05) is 109 Å². The lowest BCUT2D eigenvalue weighted by atomic mass is 9.84. The minimum absolute atomic E-state index is 0.0164. The Hall–Kier alpha value is -7.91. The summed E-state index contributed by atoms with van der Waals surface area (Å²) in [7, 11) is 10.8. The van der Waals surface area contributed by atoms with Crippen LogP contribution in [0.15, 0.2) is 42.5 Å². The molecule has 24 nitrogen and oxygen atoms in total. The van der Waals surface area contributed by atoms with E-state index in [9.17, 15) is 55.9 Å². The molecule has 4 aliphatic rings. The number of aryl methyl sites for hydroxylation is 1. The normalized spacial score (nSPS) is 25.1. The third-order valence-corrected chi connectivity index (χ3v) is 21.3. The van der Waals surface area contributed by atoms with Gasteiger partial charge in [0, 0.05) is 75.9 Å². The molecule has 2 heterocycles. The SMILES string of the molecule is CC[C@H](C)[C@@H]1NC(=O)[C@H](C)N(C)C(=O)C[C@@H](C(=O)N2CCCCC2)N(C)C(=O)[C@H](C(C)C)N(C)C(=O)C2(CCCC2)NC(=O)[C@H](Cc2ccc(F)cc2)N(C)C(=O)[C@H](CCc2ccc(C(F)(F)F)c(Cl)c2)NC(=O)CN(C)C(=O)[C@H](CC2CCCCC2)N(C)C(=O)CN(C)C(=O)CN(C)C1=O. The van der Waals surface area contributed by atoms with Crippen molar-refractivity contribution < 1.29 is 75.1 Å². The van der Waals surface area contributed by atoms with Crippen molar-refractivity contribution in [1.29, 1.82) is 0 Å². The van der Waals surface area contributed by atoms with E-state index in [-0.39, 0.29) is 50.0 Å². The predicted molar refractivity (Wildman–Crippen MR) is 370 cm³/mol. The summed E-state index contributed by atoms with van der Waals surface area (Å²) in [6, 6.07) is -1.43. The van der Waals surface area contributed by atoms with E-state index in [1.165, 1.54) is 91.3 Å². The molecule has 2 aliphatic heterocycles. The quantitative estimate of drug-likeness (QED) is 0.229. The highest BCUT2D eigenvalue weighted by Gasteiger charge is 2.50. The first-order chi connectivity index (χ1) is 47.4. The number of nitrogens with zero attached hydrogens (tertiary/aromatic N) is 9. The molecule has 8 atom stereocenters. The number of hydrogen-bond acceptors (Lipinski definition) is 12. The molecule has 12 amide bonds. The van der Waals surface area contributed by atoms with Crippen LogP contribution in [-0.4, -0.2) is 252 Å². The zero-order valence-corrected chi connectivity index (χ0v) is 61.6. The predicted octanol–water partition coefficient (Wildman–Crippen LogP) is 5.69. The van der Waals surface area contributed by atoms with Gasteiger partial charge in [0.25, 0.3) is 0 Å². The Labute approximate surface area is 596 Å². The van der Waals surface area contributed by atoms with Crippen LogP contribution in [0.4, 0.5) is 17.6 Å². The van der Waals surface area contributed by atoms with Crippen molar-refractivity contribution in [3.8, 4) is 0 Å². The van der Waals surface area contributed by atoms with Gasteiger partial charge in [-0.05, 0) is 111 Å². The summed E-state index contributed by atoms with van der Waals surface area (Å²) in [5.41, 5.74) is -2.24. The van der Waals surface area contributed by atoms with Crippen molar-refractivity contribution in [3.05, 3.63) is 70.0 Å². The van der Waals surface area contributed by atoms with Gasteiger partial charge in [0.15, 0.2) is 0 Å². The van der Waals surface area contributed by atoms with E-state index in [2.05, 4.69) is 16.0 Å². The molecule has 2 aromatic carbocycles. The third kappa shape index (κ3) is 21.1. The van der Waals surface area contributed by atoms with Crippen LogP contribution in [0.3, 0.4) is 0 Å². The van der Waals surface area contributed by atoms with E-state index in [0.717, 1.165) is 92.2 Å². The van der Waals surface area contributed by atoms with Gasteiger partial charge in [-0.15, -0.1) is 0 Å². The minimum Gasteiger partial charge on any atom is -0.343 e. The molecule has 2 saturated heterocycles. The van der Waals surface area contributed by atoms with Crippen molar-refractivity contribution in [2.24, 2.45) is 17.8 Å². The molecule has 2 saturated carbocycles. The summed E-state index contributed by atoms with van der Waals surface area (Å²) < 4.78 is 56.3. The Morgan fingerprint density at radius 3 is 1.79 bits per heavy atom. The fourth-order valence-corrected chi connectivity index (χ4v) is 14.4. The number of halogens is 5.